The zero-order valence-electron chi connectivity index (χ0n) is 13.5. The molecule has 0 aliphatic rings. The third-order valence-corrected chi connectivity index (χ3v) is 6.24. The quantitative estimate of drug-likeness (QED) is 0.340. The predicted octanol–water partition coefficient (Wildman–Crippen LogP) is 7.59. The summed E-state index contributed by atoms with van der Waals surface area (Å²) >= 11 is 24.8. The molecule has 128 valence electrons. The maximum absolute atomic E-state index is 6.24. The molecule has 2 aromatic carbocycles. The molecule has 2 N–H and O–H groups in total. The summed E-state index contributed by atoms with van der Waals surface area (Å²) in [6.07, 6.45) is 4.02. The highest BCUT2D eigenvalue weighted by Crippen LogP contribution is 2.42. The third-order valence-electron chi connectivity index (χ3n) is 4.79. The lowest BCUT2D eigenvalue weighted by atomic mass is 9.78. The highest BCUT2D eigenvalue weighted by atomic mass is 35.5. The van der Waals surface area contributed by atoms with Crippen molar-refractivity contribution < 1.29 is 0 Å². The molecule has 25 heavy (non-hydrogen) atoms. The van der Waals surface area contributed by atoms with Crippen LogP contribution in [0.3, 0.4) is 0 Å². The average molecular weight is 412 g/mol. The standard InChI is InChI=1S/C19H14Cl4N2/c1-19(2,11-7-24-17-5-15(22)13(20)3-9(11)17)12-8-25-18-6-16(23)14(21)4-10(12)18/h3-8,24-25H,1-2H3. The minimum atomic E-state index is -0.287. The molecule has 0 saturated carbocycles. The first-order chi connectivity index (χ1) is 11.8. The largest absolute Gasteiger partial charge is 0.361 e. The van der Waals surface area contributed by atoms with Gasteiger partial charge in [-0.2, -0.15) is 0 Å². The molecular formula is C19H14Cl4N2. The van der Waals surface area contributed by atoms with Crippen LogP contribution < -0.4 is 0 Å². The topological polar surface area (TPSA) is 31.6 Å². The van der Waals surface area contributed by atoms with Gasteiger partial charge in [-0.15, -0.1) is 0 Å². The Balaban J connectivity index is 1.96. The van der Waals surface area contributed by atoms with Crippen LogP contribution in [0.15, 0.2) is 36.7 Å². The molecule has 0 radical (unpaired) electrons. The lowest BCUT2D eigenvalue weighted by molar-refractivity contribution is 0.653. The Kier molecular flexibility index (Phi) is 4.01. The van der Waals surface area contributed by atoms with Gasteiger partial charge < -0.3 is 9.97 Å². The van der Waals surface area contributed by atoms with Gasteiger partial charge in [0.1, 0.15) is 0 Å². The molecule has 0 fully saturated rings. The van der Waals surface area contributed by atoms with Gasteiger partial charge in [0.25, 0.3) is 0 Å². The number of benzene rings is 2. The van der Waals surface area contributed by atoms with Crippen molar-refractivity contribution in [2.45, 2.75) is 19.3 Å². The number of hydrogen-bond acceptors (Lipinski definition) is 0. The number of halogens is 4. The van der Waals surface area contributed by atoms with E-state index >= 15 is 0 Å². The molecule has 4 rings (SSSR count). The van der Waals surface area contributed by atoms with Crippen LogP contribution in [0.1, 0.15) is 25.0 Å². The molecule has 6 heteroatoms. The van der Waals surface area contributed by atoms with Crippen molar-refractivity contribution in [1.82, 2.24) is 9.97 Å². The second kappa shape index (κ2) is 5.85. The Hall–Kier alpha value is -1.32. The van der Waals surface area contributed by atoms with E-state index in [0.717, 1.165) is 32.9 Å². The number of aromatic amines is 2. The highest BCUT2D eigenvalue weighted by Gasteiger charge is 2.29. The molecule has 0 saturated heterocycles. The second-order valence-corrected chi connectivity index (χ2v) is 8.28. The summed E-state index contributed by atoms with van der Waals surface area (Å²) in [6, 6.07) is 7.52. The average Bonchev–Trinajstić information content (AvgIpc) is 3.13. The van der Waals surface area contributed by atoms with Crippen molar-refractivity contribution in [2.24, 2.45) is 0 Å². The van der Waals surface area contributed by atoms with Crippen LogP contribution in [0.2, 0.25) is 20.1 Å². The number of H-pyrrole nitrogens is 2. The van der Waals surface area contributed by atoms with E-state index in [0.29, 0.717) is 20.1 Å². The van der Waals surface area contributed by atoms with Gasteiger partial charge in [-0.25, -0.2) is 0 Å². The summed E-state index contributed by atoms with van der Waals surface area (Å²) < 4.78 is 0. The molecule has 2 nitrogen and oxygen atoms in total. The van der Waals surface area contributed by atoms with Gasteiger partial charge >= 0.3 is 0 Å². The number of hydrogen-bond donors (Lipinski definition) is 2. The SMILES string of the molecule is CC(C)(c1c[nH]c2cc(Cl)c(Cl)cc12)c1c[nH]c2cc(Cl)c(Cl)cc12. The summed E-state index contributed by atoms with van der Waals surface area (Å²) in [7, 11) is 0. The summed E-state index contributed by atoms with van der Waals surface area (Å²) in [4.78, 5) is 6.58. The molecule has 0 spiro atoms. The van der Waals surface area contributed by atoms with Crippen LogP contribution in [-0.4, -0.2) is 9.97 Å². The molecule has 0 atom stereocenters. The molecule has 2 heterocycles. The Morgan fingerprint density at radius 3 is 1.40 bits per heavy atom. The van der Waals surface area contributed by atoms with Gasteiger partial charge in [0, 0.05) is 39.6 Å². The minimum absolute atomic E-state index is 0.287. The van der Waals surface area contributed by atoms with Crippen molar-refractivity contribution >= 4 is 68.2 Å². The van der Waals surface area contributed by atoms with Crippen molar-refractivity contribution in [1.29, 1.82) is 0 Å². The summed E-state index contributed by atoms with van der Waals surface area (Å²) in [5, 5.41) is 4.25. The fraction of sp³-hybridized carbons (Fsp3) is 0.158. The fourth-order valence-electron chi connectivity index (χ4n) is 3.41. The van der Waals surface area contributed by atoms with Gasteiger partial charge in [-0.05, 0) is 35.4 Å². The van der Waals surface area contributed by atoms with Gasteiger partial charge in [0.2, 0.25) is 0 Å². The van der Waals surface area contributed by atoms with E-state index in [1.807, 2.05) is 36.7 Å². The van der Waals surface area contributed by atoms with Crippen LogP contribution in [0.5, 0.6) is 0 Å². The van der Waals surface area contributed by atoms with E-state index in [9.17, 15) is 0 Å². The third kappa shape index (κ3) is 2.63. The van der Waals surface area contributed by atoms with Gasteiger partial charge in [-0.1, -0.05) is 60.3 Å². The molecule has 4 aromatic rings. The maximum atomic E-state index is 6.24. The first-order valence-electron chi connectivity index (χ1n) is 7.72. The van der Waals surface area contributed by atoms with E-state index < -0.39 is 0 Å². The smallest absolute Gasteiger partial charge is 0.0613 e. The van der Waals surface area contributed by atoms with Gasteiger partial charge in [-0.3, -0.25) is 0 Å². The molecule has 0 unspecified atom stereocenters. The van der Waals surface area contributed by atoms with Crippen LogP contribution in [0.4, 0.5) is 0 Å². The zero-order valence-corrected chi connectivity index (χ0v) is 16.5. The van der Waals surface area contributed by atoms with Crippen molar-refractivity contribution in [3.8, 4) is 0 Å². The first kappa shape index (κ1) is 17.1. The lowest BCUT2D eigenvalue weighted by Crippen LogP contribution is -2.18. The highest BCUT2D eigenvalue weighted by molar-refractivity contribution is 6.43. The van der Waals surface area contributed by atoms with Crippen molar-refractivity contribution in [3.05, 3.63) is 67.9 Å². The second-order valence-electron chi connectivity index (χ2n) is 6.65. The number of aromatic nitrogens is 2. The molecule has 0 amide bonds. The van der Waals surface area contributed by atoms with Crippen LogP contribution in [0.25, 0.3) is 21.8 Å². The Morgan fingerprint density at radius 1 is 0.640 bits per heavy atom. The summed E-state index contributed by atoms with van der Waals surface area (Å²) in [5.74, 6) is 0. The van der Waals surface area contributed by atoms with E-state index in [4.69, 9.17) is 46.4 Å². The van der Waals surface area contributed by atoms with E-state index in [-0.39, 0.29) is 5.41 Å². The zero-order chi connectivity index (χ0) is 17.9. The number of fused-ring (bicyclic) bond motifs is 2. The molecule has 0 bridgehead atoms. The molecule has 2 aromatic heterocycles. The van der Waals surface area contributed by atoms with Gasteiger partial charge in [0.15, 0.2) is 0 Å². The lowest BCUT2D eigenvalue weighted by Gasteiger charge is -2.24. The van der Waals surface area contributed by atoms with Gasteiger partial charge in [0.05, 0.1) is 20.1 Å². The summed E-state index contributed by atoms with van der Waals surface area (Å²) in [6.45, 7) is 4.34. The molecule has 0 aliphatic carbocycles. The van der Waals surface area contributed by atoms with E-state index in [1.165, 1.54) is 0 Å². The van der Waals surface area contributed by atoms with E-state index in [1.54, 1.807) is 0 Å². The Labute approximate surface area is 165 Å². The minimum Gasteiger partial charge on any atom is -0.361 e. The normalized spacial score (nSPS) is 12.4. The molecular weight excluding hydrogens is 398 g/mol. The van der Waals surface area contributed by atoms with Crippen LogP contribution in [0, 0.1) is 0 Å². The van der Waals surface area contributed by atoms with Crippen molar-refractivity contribution in [3.63, 3.8) is 0 Å². The van der Waals surface area contributed by atoms with E-state index in [2.05, 4.69) is 23.8 Å². The first-order valence-corrected chi connectivity index (χ1v) is 9.23. The fourth-order valence-corrected chi connectivity index (χ4v) is 4.07. The summed E-state index contributed by atoms with van der Waals surface area (Å²) in [5.41, 5.74) is 3.89. The Bertz CT molecular complexity index is 1030. The Morgan fingerprint density at radius 2 is 1.00 bits per heavy atom. The monoisotopic (exact) mass is 410 g/mol. The van der Waals surface area contributed by atoms with Crippen LogP contribution in [-0.2, 0) is 5.41 Å². The van der Waals surface area contributed by atoms with Crippen LogP contribution >= 0.6 is 46.4 Å². The predicted molar refractivity (Wildman–Crippen MR) is 109 cm³/mol. The van der Waals surface area contributed by atoms with Crippen molar-refractivity contribution in [2.75, 3.05) is 0 Å². The number of rotatable bonds is 2. The maximum Gasteiger partial charge on any atom is 0.0613 e. The molecule has 0 aliphatic heterocycles. The number of nitrogens with one attached hydrogen (secondary N) is 2.